The smallest absolute Gasteiger partial charge is 0.282 e. The number of benzene rings is 1. The van der Waals surface area contributed by atoms with Crippen molar-refractivity contribution in [1.29, 1.82) is 0 Å². The summed E-state index contributed by atoms with van der Waals surface area (Å²) in [7, 11) is -3.46. The van der Waals surface area contributed by atoms with Crippen LogP contribution in [0, 0.1) is 5.82 Å². The Hall–Kier alpha value is -1.22. The Morgan fingerprint density at radius 3 is 2.04 bits per heavy atom. The first-order valence-corrected chi connectivity index (χ1v) is 9.67. The van der Waals surface area contributed by atoms with Gasteiger partial charge in [-0.1, -0.05) is 0 Å². The SMILES string of the molecule is CC1CN(S(=O)(=O)N2CCN(c3ccc(F)cc3)CC2)CC(C)O1. The maximum atomic E-state index is 13.0. The van der Waals surface area contributed by atoms with Crippen LogP contribution in [0.5, 0.6) is 0 Å². The lowest BCUT2D eigenvalue weighted by atomic mass is 10.2. The van der Waals surface area contributed by atoms with E-state index >= 15 is 0 Å². The summed E-state index contributed by atoms with van der Waals surface area (Å²) in [5, 5.41) is 0. The summed E-state index contributed by atoms with van der Waals surface area (Å²) in [5.41, 5.74) is 0.919. The molecule has 0 spiro atoms. The lowest BCUT2D eigenvalue weighted by Gasteiger charge is -2.40. The highest BCUT2D eigenvalue weighted by molar-refractivity contribution is 7.86. The molecule has 2 atom stereocenters. The van der Waals surface area contributed by atoms with Crippen LogP contribution in [0.1, 0.15) is 13.8 Å². The molecule has 2 aliphatic rings. The molecule has 0 saturated carbocycles. The average molecular weight is 357 g/mol. The van der Waals surface area contributed by atoms with Crippen molar-refractivity contribution in [3.8, 4) is 0 Å². The van der Waals surface area contributed by atoms with Crippen LogP contribution in [-0.2, 0) is 14.9 Å². The Bertz CT molecular complexity index is 650. The summed E-state index contributed by atoms with van der Waals surface area (Å²) in [5.74, 6) is -0.268. The first-order chi connectivity index (χ1) is 11.4. The van der Waals surface area contributed by atoms with E-state index in [1.54, 1.807) is 12.1 Å². The highest BCUT2D eigenvalue weighted by Crippen LogP contribution is 2.21. The molecule has 8 heteroatoms. The predicted molar refractivity (Wildman–Crippen MR) is 90.7 cm³/mol. The Morgan fingerprint density at radius 2 is 1.50 bits per heavy atom. The van der Waals surface area contributed by atoms with Gasteiger partial charge in [-0.25, -0.2) is 4.39 Å². The molecular weight excluding hydrogens is 333 g/mol. The molecular formula is C16H24FN3O3S. The summed E-state index contributed by atoms with van der Waals surface area (Å²) >= 11 is 0. The van der Waals surface area contributed by atoms with Gasteiger partial charge in [-0.3, -0.25) is 0 Å². The van der Waals surface area contributed by atoms with Crippen molar-refractivity contribution in [2.45, 2.75) is 26.1 Å². The van der Waals surface area contributed by atoms with Gasteiger partial charge in [0.05, 0.1) is 12.2 Å². The molecule has 0 aliphatic carbocycles. The molecule has 2 unspecified atom stereocenters. The third-order valence-electron chi connectivity index (χ3n) is 4.47. The van der Waals surface area contributed by atoms with Gasteiger partial charge >= 0.3 is 0 Å². The Labute approximate surface area is 143 Å². The molecule has 134 valence electrons. The summed E-state index contributed by atoms with van der Waals surface area (Å²) in [6.45, 7) is 6.63. The van der Waals surface area contributed by atoms with Crippen LogP contribution in [0.3, 0.4) is 0 Å². The molecule has 2 saturated heterocycles. The predicted octanol–water partition coefficient (Wildman–Crippen LogP) is 1.30. The molecule has 6 nitrogen and oxygen atoms in total. The number of piperazine rings is 1. The third kappa shape index (κ3) is 3.72. The maximum absolute atomic E-state index is 13.0. The normalized spacial score (nSPS) is 27.4. The highest BCUT2D eigenvalue weighted by Gasteiger charge is 2.36. The molecule has 1 aromatic carbocycles. The molecule has 1 aromatic rings. The van der Waals surface area contributed by atoms with E-state index in [2.05, 4.69) is 4.90 Å². The molecule has 2 fully saturated rings. The highest BCUT2D eigenvalue weighted by atomic mass is 32.2. The Balaban J connectivity index is 1.64. The quantitative estimate of drug-likeness (QED) is 0.818. The van der Waals surface area contributed by atoms with Gasteiger partial charge in [0.25, 0.3) is 10.2 Å². The number of hydrogen-bond donors (Lipinski definition) is 0. The fourth-order valence-electron chi connectivity index (χ4n) is 3.31. The second-order valence-electron chi connectivity index (χ2n) is 6.44. The van der Waals surface area contributed by atoms with E-state index < -0.39 is 10.2 Å². The number of rotatable bonds is 3. The number of nitrogens with zero attached hydrogens (tertiary/aromatic N) is 3. The van der Waals surface area contributed by atoms with E-state index in [0.717, 1.165) is 5.69 Å². The molecule has 0 N–H and O–H groups in total. The van der Waals surface area contributed by atoms with Gasteiger partial charge in [0.2, 0.25) is 0 Å². The van der Waals surface area contributed by atoms with E-state index in [1.807, 2.05) is 13.8 Å². The van der Waals surface area contributed by atoms with Crippen LogP contribution >= 0.6 is 0 Å². The van der Waals surface area contributed by atoms with Crippen LogP contribution in [-0.4, -0.2) is 68.5 Å². The van der Waals surface area contributed by atoms with Crippen LogP contribution in [0.15, 0.2) is 24.3 Å². The summed E-state index contributed by atoms with van der Waals surface area (Å²) < 4.78 is 47.4. The fraction of sp³-hybridized carbons (Fsp3) is 0.625. The number of halogens is 1. The van der Waals surface area contributed by atoms with Crippen LogP contribution in [0.2, 0.25) is 0 Å². The fourth-order valence-corrected chi connectivity index (χ4v) is 5.06. The standard InChI is InChI=1S/C16H24FN3O3S/c1-13-11-20(12-14(2)23-13)24(21,22)19-9-7-18(8-10-19)16-5-3-15(17)4-6-16/h3-6,13-14H,7-12H2,1-2H3. The largest absolute Gasteiger partial charge is 0.373 e. The van der Waals surface area contributed by atoms with Gasteiger partial charge in [0.1, 0.15) is 5.82 Å². The summed E-state index contributed by atoms with van der Waals surface area (Å²) in [4.78, 5) is 2.08. The zero-order chi connectivity index (χ0) is 17.3. The van der Waals surface area contributed by atoms with Crippen LogP contribution in [0.25, 0.3) is 0 Å². The van der Waals surface area contributed by atoms with Crippen LogP contribution in [0.4, 0.5) is 10.1 Å². The van der Waals surface area contributed by atoms with Gasteiger partial charge in [-0.05, 0) is 38.1 Å². The van der Waals surface area contributed by atoms with E-state index in [4.69, 9.17) is 4.74 Å². The molecule has 2 heterocycles. The number of hydrogen-bond acceptors (Lipinski definition) is 4. The number of anilines is 1. The Morgan fingerprint density at radius 1 is 0.958 bits per heavy atom. The topological polar surface area (TPSA) is 53.1 Å². The van der Waals surface area contributed by atoms with Crippen molar-refractivity contribution in [3.05, 3.63) is 30.1 Å². The number of ether oxygens (including phenoxy) is 1. The van der Waals surface area contributed by atoms with Crippen molar-refractivity contribution in [3.63, 3.8) is 0 Å². The van der Waals surface area contributed by atoms with E-state index in [1.165, 1.54) is 20.7 Å². The van der Waals surface area contributed by atoms with E-state index in [0.29, 0.717) is 39.3 Å². The first-order valence-electron chi connectivity index (χ1n) is 8.27. The summed E-state index contributed by atoms with van der Waals surface area (Å²) in [6, 6.07) is 6.31. The van der Waals surface area contributed by atoms with Crippen molar-refractivity contribution >= 4 is 15.9 Å². The number of morpholine rings is 1. The minimum Gasteiger partial charge on any atom is -0.373 e. The van der Waals surface area contributed by atoms with Gasteiger partial charge in [0.15, 0.2) is 0 Å². The zero-order valence-corrected chi connectivity index (χ0v) is 14.9. The zero-order valence-electron chi connectivity index (χ0n) is 14.1. The lowest BCUT2D eigenvalue weighted by molar-refractivity contribution is -0.0455. The maximum Gasteiger partial charge on any atom is 0.282 e. The van der Waals surface area contributed by atoms with Crippen molar-refractivity contribution in [2.24, 2.45) is 0 Å². The van der Waals surface area contributed by atoms with Gasteiger partial charge < -0.3 is 9.64 Å². The average Bonchev–Trinajstić information content (AvgIpc) is 2.55. The Kier molecular flexibility index (Phi) is 5.10. The molecule has 0 bridgehead atoms. The monoisotopic (exact) mass is 357 g/mol. The van der Waals surface area contributed by atoms with Crippen molar-refractivity contribution < 1.29 is 17.5 Å². The molecule has 0 radical (unpaired) electrons. The van der Waals surface area contributed by atoms with E-state index in [9.17, 15) is 12.8 Å². The molecule has 24 heavy (non-hydrogen) atoms. The molecule has 2 aliphatic heterocycles. The molecule has 0 aromatic heterocycles. The van der Waals surface area contributed by atoms with Crippen LogP contribution < -0.4 is 4.90 Å². The second kappa shape index (κ2) is 6.95. The van der Waals surface area contributed by atoms with E-state index in [-0.39, 0.29) is 18.0 Å². The first kappa shape index (κ1) is 17.6. The minimum absolute atomic E-state index is 0.0935. The van der Waals surface area contributed by atoms with Gasteiger partial charge in [0, 0.05) is 45.0 Å². The van der Waals surface area contributed by atoms with Gasteiger partial charge in [-0.15, -0.1) is 0 Å². The second-order valence-corrected chi connectivity index (χ2v) is 8.37. The molecule has 3 rings (SSSR count). The molecule has 0 amide bonds. The minimum atomic E-state index is -3.46. The summed E-state index contributed by atoms with van der Waals surface area (Å²) in [6.07, 6.45) is -0.187. The third-order valence-corrected chi connectivity index (χ3v) is 6.44. The van der Waals surface area contributed by atoms with Crippen molar-refractivity contribution in [2.75, 3.05) is 44.2 Å². The lowest BCUT2D eigenvalue weighted by Crippen LogP contribution is -2.57. The van der Waals surface area contributed by atoms with Crippen molar-refractivity contribution in [1.82, 2.24) is 8.61 Å². The van der Waals surface area contributed by atoms with Gasteiger partial charge in [-0.2, -0.15) is 17.0 Å².